The molecule has 1 N–H and O–H groups in total. The first-order chi connectivity index (χ1) is 15.5. The molecule has 0 saturated heterocycles. The van der Waals surface area contributed by atoms with E-state index in [9.17, 15) is 19.2 Å². The van der Waals surface area contributed by atoms with Gasteiger partial charge in [0.2, 0.25) is 12.7 Å². The molecule has 0 heterocycles. The van der Waals surface area contributed by atoms with Gasteiger partial charge in [0.25, 0.3) is 0 Å². The fraction of sp³-hybridized carbons (Fsp3) is 0.360. The maximum absolute atomic E-state index is 13.0. The summed E-state index contributed by atoms with van der Waals surface area (Å²) in [4.78, 5) is 48.9. The standard InChI is InChI=1S/C25H29NO6S/c1-16(18-10-7-6-8-11-18)21(33-17(2)27)22(28)26-20-13-9-12-19(14-20)23(29)31-15-32-24(30)25(3,4)5/h6-14,16,21H,15H2,1-5H3,(H,26,28). The number of benzene rings is 2. The first kappa shape index (κ1) is 26.1. The number of ether oxygens (including phenoxy) is 2. The molecule has 0 aromatic heterocycles. The molecular formula is C25H29NO6S. The maximum Gasteiger partial charge on any atom is 0.341 e. The highest BCUT2D eigenvalue weighted by Crippen LogP contribution is 2.30. The van der Waals surface area contributed by atoms with Crippen LogP contribution in [0.2, 0.25) is 0 Å². The second-order valence-corrected chi connectivity index (χ2v) is 9.85. The van der Waals surface area contributed by atoms with Crippen molar-refractivity contribution in [3.63, 3.8) is 0 Å². The van der Waals surface area contributed by atoms with Crippen molar-refractivity contribution in [3.05, 3.63) is 65.7 Å². The topological polar surface area (TPSA) is 98.8 Å². The van der Waals surface area contributed by atoms with Gasteiger partial charge in [-0.15, -0.1) is 0 Å². The summed E-state index contributed by atoms with van der Waals surface area (Å²) in [5, 5.41) is 1.96. The smallest absolute Gasteiger partial charge is 0.341 e. The normalized spacial score (nSPS) is 12.9. The van der Waals surface area contributed by atoms with E-state index in [1.165, 1.54) is 19.1 Å². The van der Waals surface area contributed by atoms with Crippen LogP contribution >= 0.6 is 11.8 Å². The number of carbonyl (C=O) groups is 4. The minimum Gasteiger partial charge on any atom is -0.427 e. The molecule has 0 aliphatic carbocycles. The van der Waals surface area contributed by atoms with Gasteiger partial charge in [0, 0.05) is 18.5 Å². The molecule has 0 saturated carbocycles. The highest BCUT2D eigenvalue weighted by molar-refractivity contribution is 8.14. The van der Waals surface area contributed by atoms with Gasteiger partial charge in [-0.1, -0.05) is 55.1 Å². The minimum atomic E-state index is -0.706. The molecular weight excluding hydrogens is 442 g/mol. The molecule has 2 rings (SSSR count). The minimum absolute atomic E-state index is 0.167. The Bertz CT molecular complexity index is 999. The molecule has 8 heteroatoms. The van der Waals surface area contributed by atoms with Gasteiger partial charge in [-0.05, 0) is 44.5 Å². The zero-order chi connectivity index (χ0) is 24.6. The lowest BCUT2D eigenvalue weighted by Crippen LogP contribution is -2.30. The van der Waals surface area contributed by atoms with Crippen LogP contribution in [0.15, 0.2) is 54.6 Å². The Kier molecular flexibility index (Phi) is 9.22. The predicted molar refractivity (Wildman–Crippen MR) is 128 cm³/mol. The number of thioether (sulfide) groups is 1. The van der Waals surface area contributed by atoms with Crippen LogP contribution in [0.4, 0.5) is 5.69 Å². The summed E-state index contributed by atoms with van der Waals surface area (Å²) in [6, 6.07) is 15.7. The number of hydrogen-bond acceptors (Lipinski definition) is 7. The molecule has 7 nitrogen and oxygen atoms in total. The highest BCUT2D eigenvalue weighted by atomic mass is 32.2. The van der Waals surface area contributed by atoms with Gasteiger partial charge < -0.3 is 14.8 Å². The molecule has 2 atom stereocenters. The summed E-state index contributed by atoms with van der Waals surface area (Å²) in [6.07, 6.45) is 0. The lowest BCUT2D eigenvalue weighted by atomic mass is 9.97. The number of hydrogen-bond donors (Lipinski definition) is 1. The van der Waals surface area contributed by atoms with Gasteiger partial charge in [-0.3, -0.25) is 14.4 Å². The Balaban J connectivity index is 2.07. The van der Waals surface area contributed by atoms with Crippen LogP contribution in [0, 0.1) is 5.41 Å². The molecule has 2 aromatic carbocycles. The molecule has 176 valence electrons. The number of nitrogens with one attached hydrogen (secondary N) is 1. The third-order valence-electron chi connectivity index (χ3n) is 4.69. The molecule has 0 aliphatic heterocycles. The Labute approximate surface area is 198 Å². The van der Waals surface area contributed by atoms with Crippen LogP contribution in [-0.2, 0) is 23.9 Å². The first-order valence-electron chi connectivity index (χ1n) is 10.5. The van der Waals surface area contributed by atoms with E-state index in [-0.39, 0.29) is 22.5 Å². The Hall–Kier alpha value is -3.13. The average Bonchev–Trinajstić information content (AvgIpc) is 2.76. The number of amides is 1. The van der Waals surface area contributed by atoms with Crippen LogP contribution in [0.25, 0.3) is 0 Å². The summed E-state index contributed by atoms with van der Waals surface area (Å²) in [6.45, 7) is 7.89. The molecule has 0 fully saturated rings. The van der Waals surface area contributed by atoms with E-state index in [1.807, 2.05) is 37.3 Å². The van der Waals surface area contributed by atoms with Crippen LogP contribution in [-0.4, -0.2) is 35.0 Å². The number of carbonyl (C=O) groups excluding carboxylic acids is 4. The maximum atomic E-state index is 13.0. The van der Waals surface area contributed by atoms with Crippen LogP contribution < -0.4 is 5.32 Å². The lowest BCUT2D eigenvalue weighted by molar-refractivity contribution is -0.161. The third-order valence-corrected chi connectivity index (χ3v) is 5.90. The van der Waals surface area contributed by atoms with Crippen molar-refractivity contribution >= 4 is 40.4 Å². The Morgan fingerprint density at radius 3 is 2.24 bits per heavy atom. The van der Waals surface area contributed by atoms with E-state index in [2.05, 4.69) is 5.32 Å². The Morgan fingerprint density at radius 1 is 0.970 bits per heavy atom. The van der Waals surface area contributed by atoms with Crippen LogP contribution in [0.5, 0.6) is 0 Å². The van der Waals surface area contributed by atoms with Gasteiger partial charge in [0.1, 0.15) is 0 Å². The summed E-state index contributed by atoms with van der Waals surface area (Å²) in [5.74, 6) is -1.75. The molecule has 0 aliphatic rings. The highest BCUT2D eigenvalue weighted by Gasteiger charge is 2.29. The zero-order valence-corrected chi connectivity index (χ0v) is 20.2. The number of esters is 2. The molecule has 0 bridgehead atoms. The van der Waals surface area contributed by atoms with E-state index < -0.39 is 29.4 Å². The monoisotopic (exact) mass is 471 g/mol. The van der Waals surface area contributed by atoms with Crippen molar-refractivity contribution in [2.45, 2.75) is 45.8 Å². The predicted octanol–water partition coefficient (Wildman–Crippen LogP) is 4.78. The summed E-state index contributed by atoms with van der Waals surface area (Å²) in [5.41, 5.74) is 0.803. The van der Waals surface area contributed by atoms with Crippen molar-refractivity contribution in [2.75, 3.05) is 12.1 Å². The second-order valence-electron chi connectivity index (χ2n) is 8.53. The molecule has 33 heavy (non-hydrogen) atoms. The van der Waals surface area contributed by atoms with Crippen LogP contribution in [0.3, 0.4) is 0 Å². The first-order valence-corrected chi connectivity index (χ1v) is 11.3. The third kappa shape index (κ3) is 8.05. The van der Waals surface area contributed by atoms with Crippen molar-refractivity contribution in [1.82, 2.24) is 0 Å². The summed E-state index contributed by atoms with van der Waals surface area (Å²) in [7, 11) is 0. The van der Waals surface area contributed by atoms with E-state index >= 15 is 0 Å². The zero-order valence-electron chi connectivity index (χ0n) is 19.4. The van der Waals surface area contributed by atoms with Crippen LogP contribution in [0.1, 0.15) is 56.5 Å². The van der Waals surface area contributed by atoms with Crippen molar-refractivity contribution in [3.8, 4) is 0 Å². The number of anilines is 1. The van der Waals surface area contributed by atoms with E-state index in [1.54, 1.807) is 32.9 Å². The number of rotatable bonds is 8. The molecule has 0 radical (unpaired) electrons. The molecule has 0 spiro atoms. The SMILES string of the molecule is CC(=O)SC(C(=O)Nc1cccc(C(=O)OCOC(=O)C(C)(C)C)c1)C(C)c1ccccc1. The molecule has 1 amide bonds. The van der Waals surface area contributed by atoms with E-state index in [0.717, 1.165) is 17.3 Å². The van der Waals surface area contributed by atoms with E-state index in [0.29, 0.717) is 5.69 Å². The quantitative estimate of drug-likeness (QED) is 0.437. The fourth-order valence-corrected chi connectivity index (χ4v) is 3.75. The van der Waals surface area contributed by atoms with Gasteiger partial charge in [-0.25, -0.2) is 4.79 Å². The largest absolute Gasteiger partial charge is 0.427 e. The van der Waals surface area contributed by atoms with Gasteiger partial charge >= 0.3 is 11.9 Å². The van der Waals surface area contributed by atoms with Gasteiger partial charge in [-0.2, -0.15) is 0 Å². The van der Waals surface area contributed by atoms with Crippen molar-refractivity contribution < 1.29 is 28.7 Å². The molecule has 2 unspecified atom stereocenters. The molecule has 2 aromatic rings. The van der Waals surface area contributed by atoms with Gasteiger partial charge in [0.15, 0.2) is 5.12 Å². The van der Waals surface area contributed by atoms with Crippen molar-refractivity contribution in [1.29, 1.82) is 0 Å². The fourth-order valence-electron chi connectivity index (χ4n) is 2.87. The van der Waals surface area contributed by atoms with E-state index in [4.69, 9.17) is 9.47 Å². The Morgan fingerprint density at radius 2 is 1.64 bits per heavy atom. The lowest BCUT2D eigenvalue weighted by Gasteiger charge is -2.22. The second kappa shape index (κ2) is 11.7. The summed E-state index contributed by atoms with van der Waals surface area (Å²) < 4.78 is 9.95. The van der Waals surface area contributed by atoms with Crippen molar-refractivity contribution in [2.24, 2.45) is 5.41 Å². The van der Waals surface area contributed by atoms with Gasteiger partial charge in [0.05, 0.1) is 16.2 Å². The average molecular weight is 472 g/mol. The summed E-state index contributed by atoms with van der Waals surface area (Å²) >= 11 is 0.965.